The van der Waals surface area contributed by atoms with Crippen molar-refractivity contribution in [2.75, 3.05) is 0 Å². The Morgan fingerprint density at radius 3 is 2.45 bits per heavy atom. The van der Waals surface area contributed by atoms with E-state index in [-0.39, 0.29) is 0 Å². The summed E-state index contributed by atoms with van der Waals surface area (Å²) >= 11 is 0. The van der Waals surface area contributed by atoms with Gasteiger partial charge in [0.15, 0.2) is 0 Å². The van der Waals surface area contributed by atoms with Gasteiger partial charge in [0.25, 0.3) is 0 Å². The van der Waals surface area contributed by atoms with Crippen molar-refractivity contribution in [2.24, 2.45) is 5.92 Å². The fourth-order valence-corrected chi connectivity index (χ4v) is 1.27. The van der Waals surface area contributed by atoms with Crippen molar-refractivity contribution >= 4 is 5.78 Å². The minimum Gasteiger partial charge on any atom is -0.299 e. The van der Waals surface area contributed by atoms with Crippen LogP contribution < -0.4 is 0 Å². The van der Waals surface area contributed by atoms with Crippen LogP contribution in [0.2, 0.25) is 0 Å². The Kier molecular flexibility index (Phi) is 1.50. The highest BCUT2D eigenvalue weighted by Crippen LogP contribution is 2.27. The molecule has 1 aromatic carbocycles. The number of hydrogen-bond donors (Lipinski definition) is 0. The summed E-state index contributed by atoms with van der Waals surface area (Å²) in [6.45, 7) is 0. The SMILES string of the molecule is O=C1CC1Cc1ccccc1. The summed E-state index contributed by atoms with van der Waals surface area (Å²) in [7, 11) is 0. The van der Waals surface area contributed by atoms with Crippen LogP contribution in [0.5, 0.6) is 0 Å². The maximum Gasteiger partial charge on any atom is 0.137 e. The van der Waals surface area contributed by atoms with Gasteiger partial charge in [-0.1, -0.05) is 30.3 Å². The molecule has 1 aliphatic carbocycles. The highest BCUT2D eigenvalue weighted by atomic mass is 16.1. The van der Waals surface area contributed by atoms with E-state index in [2.05, 4.69) is 12.1 Å². The van der Waals surface area contributed by atoms with E-state index in [1.807, 2.05) is 18.2 Å². The predicted molar refractivity (Wildman–Crippen MR) is 43.3 cm³/mol. The zero-order valence-corrected chi connectivity index (χ0v) is 6.29. The second kappa shape index (κ2) is 2.50. The Balaban J connectivity index is 2.02. The molecule has 0 amide bonds. The van der Waals surface area contributed by atoms with Crippen molar-refractivity contribution in [3.05, 3.63) is 35.9 Å². The molecule has 0 radical (unpaired) electrons. The molecule has 0 saturated heterocycles. The zero-order valence-electron chi connectivity index (χ0n) is 6.29. The minimum absolute atomic E-state index is 0.345. The molecule has 1 saturated carbocycles. The maximum atomic E-state index is 10.7. The molecule has 0 bridgehead atoms. The first-order valence-corrected chi connectivity index (χ1v) is 3.93. The summed E-state index contributed by atoms with van der Waals surface area (Å²) in [6, 6.07) is 10.2. The van der Waals surface area contributed by atoms with Gasteiger partial charge in [-0.25, -0.2) is 0 Å². The molecule has 1 fully saturated rings. The minimum atomic E-state index is 0.345. The molecule has 56 valence electrons. The first-order valence-electron chi connectivity index (χ1n) is 3.93. The number of carbonyl (C=O) groups excluding carboxylic acids is 1. The average molecular weight is 146 g/mol. The molecule has 11 heavy (non-hydrogen) atoms. The molecule has 0 aliphatic heterocycles. The molecular weight excluding hydrogens is 136 g/mol. The molecule has 1 heteroatoms. The third-order valence-electron chi connectivity index (χ3n) is 2.07. The van der Waals surface area contributed by atoms with Crippen LogP contribution in [0.25, 0.3) is 0 Å². The lowest BCUT2D eigenvalue weighted by Gasteiger charge is -1.94. The van der Waals surface area contributed by atoms with E-state index in [1.165, 1.54) is 5.56 Å². The van der Waals surface area contributed by atoms with Gasteiger partial charge in [0.05, 0.1) is 0 Å². The summed E-state index contributed by atoms with van der Waals surface area (Å²) < 4.78 is 0. The first kappa shape index (κ1) is 6.59. The van der Waals surface area contributed by atoms with Gasteiger partial charge in [0.1, 0.15) is 5.78 Å². The largest absolute Gasteiger partial charge is 0.299 e. The molecule has 1 aromatic rings. The summed E-state index contributed by atoms with van der Waals surface area (Å²) in [6.07, 6.45) is 1.74. The van der Waals surface area contributed by atoms with Gasteiger partial charge < -0.3 is 0 Å². The lowest BCUT2D eigenvalue weighted by atomic mass is 10.1. The van der Waals surface area contributed by atoms with Crippen LogP contribution in [-0.4, -0.2) is 5.78 Å². The second-order valence-corrected chi connectivity index (χ2v) is 3.06. The summed E-state index contributed by atoms with van der Waals surface area (Å²) in [5, 5.41) is 0. The Labute approximate surface area is 66.0 Å². The number of carbonyl (C=O) groups is 1. The van der Waals surface area contributed by atoms with Crippen molar-refractivity contribution in [3.63, 3.8) is 0 Å². The van der Waals surface area contributed by atoms with Crippen LogP contribution >= 0.6 is 0 Å². The van der Waals surface area contributed by atoms with E-state index in [0.717, 1.165) is 12.8 Å². The smallest absolute Gasteiger partial charge is 0.137 e. The van der Waals surface area contributed by atoms with E-state index >= 15 is 0 Å². The van der Waals surface area contributed by atoms with E-state index in [4.69, 9.17) is 0 Å². The van der Waals surface area contributed by atoms with Crippen molar-refractivity contribution in [3.8, 4) is 0 Å². The number of benzene rings is 1. The summed E-state index contributed by atoms with van der Waals surface area (Å²) in [5.41, 5.74) is 1.28. The van der Waals surface area contributed by atoms with Gasteiger partial charge in [-0.15, -0.1) is 0 Å². The Bertz CT molecular complexity index is 263. The normalized spacial score (nSPS) is 21.8. The monoisotopic (exact) mass is 146 g/mol. The van der Waals surface area contributed by atoms with Crippen LogP contribution in [-0.2, 0) is 11.2 Å². The van der Waals surface area contributed by atoms with Crippen molar-refractivity contribution in [2.45, 2.75) is 12.8 Å². The Morgan fingerprint density at radius 2 is 1.91 bits per heavy atom. The molecule has 0 heterocycles. The number of rotatable bonds is 2. The van der Waals surface area contributed by atoms with E-state index in [9.17, 15) is 4.79 Å². The number of hydrogen-bond acceptors (Lipinski definition) is 1. The van der Waals surface area contributed by atoms with Crippen LogP contribution in [0.1, 0.15) is 12.0 Å². The van der Waals surface area contributed by atoms with Crippen LogP contribution in [0.15, 0.2) is 30.3 Å². The van der Waals surface area contributed by atoms with Gasteiger partial charge in [0, 0.05) is 12.3 Å². The van der Waals surface area contributed by atoms with Crippen LogP contribution in [0, 0.1) is 5.92 Å². The molecule has 1 atom stereocenters. The molecule has 0 spiro atoms. The highest BCUT2D eigenvalue weighted by molar-refractivity contribution is 5.96. The third kappa shape index (κ3) is 1.48. The lowest BCUT2D eigenvalue weighted by molar-refractivity contribution is -0.111. The van der Waals surface area contributed by atoms with Gasteiger partial charge in [-0.2, -0.15) is 0 Å². The lowest BCUT2D eigenvalue weighted by Crippen LogP contribution is -1.87. The van der Waals surface area contributed by atoms with Crippen molar-refractivity contribution < 1.29 is 4.79 Å². The summed E-state index contributed by atoms with van der Waals surface area (Å²) in [4.78, 5) is 10.7. The average Bonchev–Trinajstić information content (AvgIpc) is 2.69. The van der Waals surface area contributed by atoms with Gasteiger partial charge in [-0.05, 0) is 12.0 Å². The second-order valence-electron chi connectivity index (χ2n) is 3.06. The predicted octanol–water partition coefficient (Wildman–Crippen LogP) is 1.82. The molecule has 1 aliphatic rings. The van der Waals surface area contributed by atoms with Crippen LogP contribution in [0.4, 0.5) is 0 Å². The fraction of sp³-hybridized carbons (Fsp3) is 0.300. The highest BCUT2D eigenvalue weighted by Gasteiger charge is 2.33. The molecule has 0 N–H and O–H groups in total. The molecular formula is C10H10O. The number of Topliss-reactive ketones (excluding diaryl/α,β-unsaturated/α-hetero) is 1. The molecule has 0 aromatic heterocycles. The van der Waals surface area contributed by atoms with Crippen molar-refractivity contribution in [1.82, 2.24) is 0 Å². The Hall–Kier alpha value is -1.11. The van der Waals surface area contributed by atoms with E-state index < -0.39 is 0 Å². The van der Waals surface area contributed by atoms with Gasteiger partial charge >= 0.3 is 0 Å². The third-order valence-corrected chi connectivity index (χ3v) is 2.07. The first-order chi connectivity index (χ1) is 5.36. The quantitative estimate of drug-likeness (QED) is 0.622. The van der Waals surface area contributed by atoms with E-state index in [1.54, 1.807) is 0 Å². The summed E-state index contributed by atoms with van der Waals surface area (Å²) in [5.74, 6) is 0.770. The maximum absolute atomic E-state index is 10.7. The zero-order chi connectivity index (χ0) is 7.68. The van der Waals surface area contributed by atoms with E-state index in [0.29, 0.717) is 11.7 Å². The van der Waals surface area contributed by atoms with Gasteiger partial charge in [0.2, 0.25) is 0 Å². The molecule has 1 unspecified atom stereocenters. The topological polar surface area (TPSA) is 17.1 Å². The Morgan fingerprint density at radius 1 is 1.27 bits per heavy atom. The number of ketones is 1. The van der Waals surface area contributed by atoms with Gasteiger partial charge in [-0.3, -0.25) is 4.79 Å². The van der Waals surface area contributed by atoms with Crippen LogP contribution in [0.3, 0.4) is 0 Å². The molecule has 1 nitrogen and oxygen atoms in total. The molecule has 2 rings (SSSR count). The standard InChI is InChI=1S/C10H10O/c11-10-7-9(10)6-8-4-2-1-3-5-8/h1-5,9H,6-7H2. The van der Waals surface area contributed by atoms with Crippen molar-refractivity contribution in [1.29, 1.82) is 0 Å². The fourth-order valence-electron chi connectivity index (χ4n) is 1.27.